The maximum atomic E-state index is 12.6. The molecule has 14 nitrogen and oxygen atoms in total. The SMILES string of the molecule is COc1ccnc(C[S+]([O-])c2nc3cc(OC(F)F)ccc3[nH]2)c1OC.COc1ccnc(C[S+]([O-])c2nc3cc(OC(F)F)ccc3[nH]2)c1OC.[NaH]. The number of pyridine rings is 2. The molecule has 2 aromatic carbocycles. The summed E-state index contributed by atoms with van der Waals surface area (Å²) in [5.74, 6) is 1.79. The van der Waals surface area contributed by atoms with Gasteiger partial charge in [0.05, 0.1) is 50.5 Å². The van der Waals surface area contributed by atoms with Gasteiger partial charge in [-0.3, -0.25) is 19.9 Å². The van der Waals surface area contributed by atoms with Crippen molar-refractivity contribution in [2.75, 3.05) is 28.4 Å². The van der Waals surface area contributed by atoms with E-state index in [-0.39, 0.29) is 62.9 Å². The van der Waals surface area contributed by atoms with Gasteiger partial charge in [-0.05, 0) is 24.3 Å². The van der Waals surface area contributed by atoms with E-state index in [0.717, 1.165) is 0 Å². The van der Waals surface area contributed by atoms with Gasteiger partial charge in [0.15, 0.2) is 34.5 Å². The molecule has 0 radical (unpaired) electrons. The summed E-state index contributed by atoms with van der Waals surface area (Å²) in [7, 11) is 5.93. The van der Waals surface area contributed by atoms with Crippen LogP contribution in [0.5, 0.6) is 34.5 Å². The number of aromatic nitrogens is 6. The Bertz CT molecular complexity index is 1970. The van der Waals surface area contributed by atoms with E-state index in [1.54, 1.807) is 12.1 Å². The average molecular weight is 791 g/mol. The van der Waals surface area contributed by atoms with Crippen LogP contribution < -0.4 is 28.4 Å². The van der Waals surface area contributed by atoms with E-state index >= 15 is 0 Å². The van der Waals surface area contributed by atoms with E-state index in [4.69, 9.17) is 18.9 Å². The number of methoxy groups -OCH3 is 4. The van der Waals surface area contributed by atoms with E-state index < -0.39 is 35.6 Å². The number of hydrogen-bond donors (Lipinski definition) is 2. The first-order chi connectivity index (χ1) is 25.0. The molecule has 0 saturated heterocycles. The summed E-state index contributed by atoms with van der Waals surface area (Å²) in [5, 5.41) is 0.390. The molecule has 0 spiro atoms. The number of ether oxygens (including phenoxy) is 6. The number of H-pyrrole nitrogens is 2. The van der Waals surface area contributed by atoms with E-state index in [2.05, 4.69) is 39.4 Å². The monoisotopic (exact) mass is 790 g/mol. The van der Waals surface area contributed by atoms with Crippen LogP contribution in [0.25, 0.3) is 22.1 Å². The fraction of sp³-hybridized carbons (Fsp3) is 0.250. The molecule has 278 valence electrons. The van der Waals surface area contributed by atoms with Crippen LogP contribution in [0, 0.1) is 0 Å². The Hall–Kier alpha value is -4.18. The van der Waals surface area contributed by atoms with Crippen LogP contribution >= 0.6 is 0 Å². The Morgan fingerprint density at radius 2 is 1.02 bits per heavy atom. The van der Waals surface area contributed by atoms with Gasteiger partial charge < -0.3 is 37.5 Å². The van der Waals surface area contributed by atoms with Crippen LogP contribution in [-0.4, -0.2) is 110 Å². The zero-order valence-corrected chi connectivity index (χ0v) is 29.4. The summed E-state index contributed by atoms with van der Waals surface area (Å²) in [6, 6.07) is 11.8. The van der Waals surface area contributed by atoms with Crippen LogP contribution in [0.15, 0.2) is 71.2 Å². The second kappa shape index (κ2) is 19.2. The standard InChI is InChI=1S/2C16H15F2N3O4S.Na.H/c2*1-23-13-5-6-19-12(14(13)24-2)8-26(22)16-20-10-4-3-9(25-15(17)18)7-11(10)21-16;;/h2*3-7,15H,8H2,1-2H3,(H,20,21);;. The Balaban J connectivity index is 0.000000232. The average Bonchev–Trinajstić information content (AvgIpc) is 3.75. The fourth-order valence-electron chi connectivity index (χ4n) is 4.78. The molecule has 0 aliphatic rings. The Morgan fingerprint density at radius 3 is 1.36 bits per heavy atom. The second-order valence-corrected chi connectivity index (χ2v) is 12.9. The molecule has 2 N–H and O–H groups in total. The van der Waals surface area contributed by atoms with Gasteiger partial charge in [0, 0.05) is 59.0 Å². The van der Waals surface area contributed by atoms with Gasteiger partial charge in [-0.1, -0.05) is 0 Å². The molecule has 6 rings (SSSR count). The summed E-state index contributed by atoms with van der Waals surface area (Å²) in [4.78, 5) is 22.6. The number of fused-ring (bicyclic) bond motifs is 2. The van der Waals surface area contributed by atoms with Crippen LogP contribution in [-0.2, 0) is 33.9 Å². The summed E-state index contributed by atoms with van der Waals surface area (Å²) in [6.45, 7) is -5.85. The number of hydrogen-bond acceptors (Lipinski definition) is 12. The van der Waals surface area contributed by atoms with E-state index in [1.807, 2.05) is 0 Å². The molecular formula is C32H31F4N6NaO8S2. The van der Waals surface area contributed by atoms with Crippen molar-refractivity contribution in [3.8, 4) is 34.5 Å². The molecule has 0 saturated carbocycles. The van der Waals surface area contributed by atoms with Crippen molar-refractivity contribution in [1.29, 1.82) is 0 Å². The number of rotatable bonds is 14. The minimum atomic E-state index is -2.92. The topological polar surface area (TPSA) is 185 Å². The van der Waals surface area contributed by atoms with Gasteiger partial charge >= 0.3 is 53.1 Å². The Morgan fingerprint density at radius 1 is 0.623 bits per heavy atom. The summed E-state index contributed by atoms with van der Waals surface area (Å²) >= 11 is -3.12. The van der Waals surface area contributed by atoms with Crippen molar-refractivity contribution in [2.45, 2.75) is 35.0 Å². The first-order valence-corrected chi connectivity index (χ1v) is 17.4. The number of nitrogens with one attached hydrogen (secondary N) is 2. The first kappa shape index (κ1) is 41.6. The van der Waals surface area contributed by atoms with Crippen LogP contribution in [0.3, 0.4) is 0 Å². The van der Waals surface area contributed by atoms with Crippen molar-refractivity contribution >= 4 is 74.0 Å². The third-order valence-electron chi connectivity index (χ3n) is 7.02. The Labute approximate surface area is 327 Å². The predicted octanol–water partition coefficient (Wildman–Crippen LogP) is 5.12. The molecule has 4 aromatic heterocycles. The molecule has 4 heterocycles. The predicted molar refractivity (Wildman–Crippen MR) is 188 cm³/mol. The molecule has 21 heteroatoms. The first-order valence-electron chi connectivity index (χ1n) is 14.8. The quantitative estimate of drug-likeness (QED) is 0.0845. The fourth-order valence-corrected chi connectivity index (χ4v) is 6.81. The van der Waals surface area contributed by atoms with Gasteiger partial charge in [0.2, 0.25) is 0 Å². The number of imidazole rings is 2. The van der Waals surface area contributed by atoms with Gasteiger partial charge in [-0.25, -0.2) is 0 Å². The van der Waals surface area contributed by atoms with E-state index in [0.29, 0.717) is 56.5 Å². The summed E-state index contributed by atoms with van der Waals surface area (Å²) in [5.41, 5.74) is 2.76. The number of nitrogens with zero attached hydrogens (tertiary/aromatic N) is 4. The zero-order valence-electron chi connectivity index (χ0n) is 27.7. The van der Waals surface area contributed by atoms with Gasteiger partial charge in [-0.15, -0.1) is 0 Å². The van der Waals surface area contributed by atoms with Gasteiger partial charge in [0.1, 0.15) is 22.9 Å². The third kappa shape index (κ3) is 10.5. The maximum absolute atomic E-state index is 12.6. The third-order valence-corrected chi connectivity index (χ3v) is 9.34. The molecule has 0 fully saturated rings. The molecular weight excluding hydrogens is 760 g/mol. The molecule has 53 heavy (non-hydrogen) atoms. The van der Waals surface area contributed by atoms with Crippen molar-refractivity contribution < 1.29 is 55.1 Å². The van der Waals surface area contributed by atoms with Crippen molar-refractivity contribution in [3.05, 3.63) is 72.3 Å². The van der Waals surface area contributed by atoms with Crippen molar-refractivity contribution in [3.63, 3.8) is 0 Å². The minimum absolute atomic E-state index is 0. The van der Waals surface area contributed by atoms with Crippen LogP contribution in [0.1, 0.15) is 11.4 Å². The number of benzene rings is 2. The zero-order chi connectivity index (χ0) is 37.4. The van der Waals surface area contributed by atoms with Crippen molar-refractivity contribution in [2.24, 2.45) is 0 Å². The molecule has 0 aliphatic carbocycles. The molecule has 2 atom stereocenters. The Kier molecular flexibility index (Phi) is 15.1. The van der Waals surface area contributed by atoms with E-state index in [1.165, 1.54) is 77.2 Å². The normalized spacial score (nSPS) is 12.2. The second-order valence-electron chi connectivity index (χ2n) is 10.2. The molecule has 0 bridgehead atoms. The number of halogens is 4. The number of alkyl halides is 4. The summed E-state index contributed by atoms with van der Waals surface area (Å²) in [6.07, 6.45) is 3.06. The number of aromatic amines is 2. The van der Waals surface area contributed by atoms with Crippen LogP contribution in [0.2, 0.25) is 0 Å². The molecule has 2 unspecified atom stereocenters. The molecule has 0 aliphatic heterocycles. The molecule has 6 aromatic rings. The van der Waals surface area contributed by atoms with Gasteiger partial charge in [0.25, 0.3) is 0 Å². The molecule has 0 amide bonds. The van der Waals surface area contributed by atoms with Gasteiger partial charge in [-0.2, -0.15) is 27.5 Å². The van der Waals surface area contributed by atoms with E-state index in [9.17, 15) is 26.7 Å². The summed E-state index contributed by atoms with van der Waals surface area (Å²) < 4.78 is 104. The van der Waals surface area contributed by atoms with Crippen molar-refractivity contribution in [1.82, 2.24) is 29.9 Å². The van der Waals surface area contributed by atoms with Crippen LogP contribution in [0.4, 0.5) is 17.6 Å².